The molecule has 0 spiro atoms. The van der Waals surface area contributed by atoms with E-state index in [1.165, 1.54) is 21.2 Å². The van der Waals surface area contributed by atoms with Crippen LogP contribution in [0.2, 0.25) is 0 Å². The molecule has 2 atom stereocenters. The molecule has 1 aromatic carbocycles. The Balaban J connectivity index is 1.22. The second-order valence-corrected chi connectivity index (χ2v) is 11.0. The first kappa shape index (κ1) is 29.1. The molecule has 42 heavy (non-hydrogen) atoms. The van der Waals surface area contributed by atoms with Crippen molar-refractivity contribution in [3.63, 3.8) is 0 Å². The smallest absolute Gasteiger partial charge is 0.418 e. The molecule has 0 unspecified atom stereocenters. The van der Waals surface area contributed by atoms with Crippen LogP contribution in [0.4, 0.5) is 18.9 Å². The maximum atomic E-state index is 13.3. The number of benzene rings is 1. The molecule has 0 aliphatic carbocycles. The van der Waals surface area contributed by atoms with Crippen LogP contribution in [-0.2, 0) is 38.4 Å². The van der Waals surface area contributed by atoms with Gasteiger partial charge in [-0.2, -0.15) is 17.7 Å². The van der Waals surface area contributed by atoms with E-state index in [9.17, 15) is 42.6 Å². The van der Waals surface area contributed by atoms with Gasteiger partial charge < -0.3 is 26.2 Å². The Bertz CT molecular complexity index is 1540. The highest BCUT2D eigenvalue weighted by atomic mass is 32.2. The second-order valence-electron chi connectivity index (χ2n) is 9.92. The topological polar surface area (TPSA) is 157 Å². The fourth-order valence-corrected chi connectivity index (χ4v) is 6.22. The third kappa shape index (κ3) is 5.69. The Morgan fingerprint density at radius 1 is 1.19 bits per heavy atom. The normalized spacial score (nSPS) is 21.5. The molecule has 3 aliphatic rings. The van der Waals surface area contributed by atoms with Crippen LogP contribution >= 0.6 is 11.8 Å². The van der Waals surface area contributed by atoms with Crippen molar-refractivity contribution in [1.82, 2.24) is 9.80 Å². The van der Waals surface area contributed by atoms with Gasteiger partial charge in [-0.1, -0.05) is 0 Å². The van der Waals surface area contributed by atoms with E-state index in [4.69, 9.17) is 5.73 Å². The van der Waals surface area contributed by atoms with E-state index >= 15 is 0 Å². The number of β-lactam (4-membered cyclic amide) rings is 1. The van der Waals surface area contributed by atoms with Gasteiger partial charge in [0.1, 0.15) is 22.9 Å². The number of halogens is 3. The number of aliphatic carboxylic acids is 1. The summed E-state index contributed by atoms with van der Waals surface area (Å²) in [5, 5.41) is 20.9. The number of pyridine rings is 1. The number of aromatic hydroxyl groups is 1. The number of hydrogen-bond donors (Lipinski definition) is 4. The monoisotopic (exact) mass is 604 g/mol. The number of phenolic OH excluding ortho intramolecular Hbond substituents is 1. The summed E-state index contributed by atoms with van der Waals surface area (Å²) in [5.74, 6) is -2.98. The van der Waals surface area contributed by atoms with Gasteiger partial charge in [-0.3, -0.25) is 19.3 Å². The minimum atomic E-state index is -4.77. The predicted molar refractivity (Wildman–Crippen MR) is 142 cm³/mol. The molecular weight excluding hydrogens is 579 g/mol. The maximum Gasteiger partial charge on any atom is 0.418 e. The van der Waals surface area contributed by atoms with Gasteiger partial charge in [-0.05, 0) is 41.8 Å². The largest absolute Gasteiger partial charge is 0.508 e. The molecule has 3 aliphatic heterocycles. The summed E-state index contributed by atoms with van der Waals surface area (Å²) in [4.78, 5) is 52.3. The van der Waals surface area contributed by atoms with Crippen molar-refractivity contribution >= 4 is 41.1 Å². The van der Waals surface area contributed by atoms with Gasteiger partial charge in [0, 0.05) is 36.5 Å². The molecule has 2 fully saturated rings. The molecule has 0 saturated carbocycles. The van der Waals surface area contributed by atoms with Crippen molar-refractivity contribution < 1.29 is 47.1 Å². The third-order valence-electron chi connectivity index (χ3n) is 7.05. The van der Waals surface area contributed by atoms with Crippen molar-refractivity contribution in [3.8, 4) is 5.75 Å². The van der Waals surface area contributed by atoms with Gasteiger partial charge in [0.05, 0.1) is 11.3 Å². The van der Waals surface area contributed by atoms with E-state index in [2.05, 4.69) is 5.32 Å². The Kier molecular flexibility index (Phi) is 7.72. The molecule has 4 heterocycles. The number of carbonyl (C=O) groups excluding carboxylic acids is 3. The number of amides is 3. The highest BCUT2D eigenvalue weighted by molar-refractivity contribution is 8.00. The zero-order chi connectivity index (χ0) is 30.3. The average molecular weight is 605 g/mol. The molecule has 220 valence electrons. The lowest BCUT2D eigenvalue weighted by Crippen LogP contribution is -2.68. The van der Waals surface area contributed by atoms with E-state index in [0.29, 0.717) is 35.9 Å². The van der Waals surface area contributed by atoms with Crippen LogP contribution in [0.5, 0.6) is 5.75 Å². The number of nitrogens with two attached hydrogens (primary N) is 1. The number of rotatable bonds is 7. The van der Waals surface area contributed by atoms with Gasteiger partial charge in [0.15, 0.2) is 12.4 Å². The van der Waals surface area contributed by atoms with Crippen LogP contribution in [0.25, 0.3) is 0 Å². The van der Waals surface area contributed by atoms with E-state index in [1.807, 2.05) is 0 Å². The molecule has 0 bridgehead atoms. The van der Waals surface area contributed by atoms with Gasteiger partial charge in [-0.25, -0.2) is 4.79 Å². The molecule has 5 rings (SSSR count). The number of allylic oxidation sites excluding steroid dienone is 1. The highest BCUT2D eigenvalue weighted by Gasteiger charge is 2.51. The fourth-order valence-electron chi connectivity index (χ4n) is 4.96. The summed E-state index contributed by atoms with van der Waals surface area (Å²) in [6.45, 7) is 0.361. The Hall–Kier alpha value is -4.37. The van der Waals surface area contributed by atoms with E-state index in [-0.39, 0.29) is 24.7 Å². The SMILES string of the molecule is N[C@@H]1C(=O)N2C(C(=O)O)=C(/C=C3\CCN(Cc4cc[n+](CC(=O)Nc5ccc(O)cc5C(F)(F)F)cc4)C3=O)CS[C@H]12. The van der Waals surface area contributed by atoms with Gasteiger partial charge in [0.2, 0.25) is 18.4 Å². The number of carboxylic acids is 1. The number of alkyl halides is 3. The summed E-state index contributed by atoms with van der Waals surface area (Å²) in [7, 11) is 0. The summed E-state index contributed by atoms with van der Waals surface area (Å²) >= 11 is 1.35. The van der Waals surface area contributed by atoms with Crippen molar-refractivity contribution in [1.29, 1.82) is 0 Å². The number of nitrogens with one attached hydrogen (secondary N) is 1. The Morgan fingerprint density at radius 3 is 2.57 bits per heavy atom. The predicted octanol–water partition coefficient (Wildman–Crippen LogP) is 1.58. The van der Waals surface area contributed by atoms with Gasteiger partial charge in [0.25, 0.3) is 5.91 Å². The molecule has 3 amide bonds. The molecule has 1 aromatic heterocycles. The van der Waals surface area contributed by atoms with Crippen molar-refractivity contribution in [2.45, 2.75) is 37.1 Å². The number of phenols is 1. The van der Waals surface area contributed by atoms with Crippen LogP contribution in [0.3, 0.4) is 0 Å². The molecule has 15 heteroatoms. The highest BCUT2D eigenvalue weighted by Crippen LogP contribution is 2.40. The molecular formula is C27H25F3N5O6S+. The average Bonchev–Trinajstić information content (AvgIpc) is 3.27. The minimum Gasteiger partial charge on any atom is -0.508 e. The standard InChI is InChI=1S/C27H24F3N5O6S/c28-27(29,30)18-10-17(36)1-2-19(18)32-20(37)12-33-6-3-14(4-7-33)11-34-8-5-15(23(34)38)9-16-13-42-25-21(31)24(39)35(25)22(16)26(40)41/h1-4,6-7,9-10,21,25H,5,8,11-13,31H2,(H2-,32,36,37,40,41)/p+1/b15-9+/t21-,25-/m1/s1. The summed E-state index contributed by atoms with van der Waals surface area (Å²) in [6.07, 6.45) is 0.279. The van der Waals surface area contributed by atoms with Gasteiger partial charge >= 0.3 is 12.1 Å². The molecule has 2 aromatic rings. The van der Waals surface area contributed by atoms with E-state index in [0.717, 1.165) is 17.7 Å². The van der Waals surface area contributed by atoms with E-state index in [1.54, 1.807) is 35.5 Å². The quantitative estimate of drug-likeness (QED) is 0.161. The maximum absolute atomic E-state index is 13.3. The number of carboxylic acid groups (broad SMARTS) is 1. The first-order valence-corrected chi connectivity index (χ1v) is 13.7. The van der Waals surface area contributed by atoms with Gasteiger partial charge in [-0.15, -0.1) is 11.8 Å². The Labute approximate surface area is 241 Å². The number of anilines is 1. The fraction of sp³-hybridized carbons (Fsp3) is 0.296. The number of fused-ring (bicyclic) bond motifs is 1. The van der Waals surface area contributed by atoms with Crippen LogP contribution in [0, 0.1) is 0 Å². The lowest BCUT2D eigenvalue weighted by Gasteiger charge is -2.47. The summed E-state index contributed by atoms with van der Waals surface area (Å²) in [5.41, 5.74) is 5.53. The third-order valence-corrected chi connectivity index (χ3v) is 8.37. The lowest BCUT2D eigenvalue weighted by molar-refractivity contribution is -0.684. The minimum absolute atomic E-state index is 0.152. The number of nitrogens with zero attached hydrogens (tertiary/aromatic N) is 3. The number of thioether (sulfide) groups is 1. The zero-order valence-corrected chi connectivity index (χ0v) is 22.6. The van der Waals surface area contributed by atoms with Crippen LogP contribution in [-0.4, -0.2) is 67.4 Å². The number of carbonyl (C=O) groups is 4. The lowest BCUT2D eigenvalue weighted by atomic mass is 10.0. The van der Waals surface area contributed by atoms with Crippen LogP contribution in [0.15, 0.2) is 65.6 Å². The molecule has 5 N–H and O–H groups in total. The summed E-state index contributed by atoms with van der Waals surface area (Å²) < 4.78 is 41.2. The first-order valence-electron chi connectivity index (χ1n) is 12.7. The zero-order valence-electron chi connectivity index (χ0n) is 21.8. The summed E-state index contributed by atoms with van der Waals surface area (Å²) in [6, 6.07) is 5.15. The number of aromatic nitrogens is 1. The molecule has 2 saturated heterocycles. The van der Waals surface area contributed by atoms with Crippen LogP contribution in [0.1, 0.15) is 17.5 Å². The number of hydrogen-bond acceptors (Lipinski definition) is 7. The molecule has 11 nitrogen and oxygen atoms in total. The van der Waals surface area contributed by atoms with Crippen molar-refractivity contribution in [2.24, 2.45) is 5.73 Å². The van der Waals surface area contributed by atoms with Crippen molar-refractivity contribution in [3.05, 3.63) is 76.8 Å². The second kappa shape index (κ2) is 11.1. The number of likely N-dealkylation sites (tertiary alicyclic amines) is 1. The Morgan fingerprint density at radius 2 is 1.90 bits per heavy atom. The first-order chi connectivity index (χ1) is 19.8. The van der Waals surface area contributed by atoms with Crippen molar-refractivity contribution in [2.75, 3.05) is 17.6 Å². The molecule has 0 radical (unpaired) electrons. The van der Waals surface area contributed by atoms with E-state index < -0.39 is 52.4 Å². The van der Waals surface area contributed by atoms with Crippen LogP contribution < -0.4 is 15.6 Å².